The summed E-state index contributed by atoms with van der Waals surface area (Å²) in [5.41, 5.74) is 2.98. The third-order valence-electron chi connectivity index (χ3n) is 5.71. The second-order valence-electron chi connectivity index (χ2n) is 7.89. The Morgan fingerprint density at radius 2 is 1.93 bits per heavy atom. The summed E-state index contributed by atoms with van der Waals surface area (Å²) in [5, 5.41) is 0. The van der Waals surface area contributed by atoms with Crippen molar-refractivity contribution in [2.45, 2.75) is 43.7 Å². The lowest BCUT2D eigenvalue weighted by atomic mass is 10.1. The van der Waals surface area contributed by atoms with Crippen LogP contribution in [0.3, 0.4) is 0 Å². The molecular formula is C22H27N3O3S. The molecule has 2 aliphatic heterocycles. The van der Waals surface area contributed by atoms with Gasteiger partial charge in [0.15, 0.2) is 0 Å². The number of nitrogens with one attached hydrogen (secondary N) is 1. The van der Waals surface area contributed by atoms with E-state index < -0.39 is 10.0 Å². The first kappa shape index (κ1) is 20.1. The number of carbonyl (C=O) groups is 1. The summed E-state index contributed by atoms with van der Waals surface area (Å²) in [6, 6.07) is 15.2. The van der Waals surface area contributed by atoms with E-state index in [4.69, 9.17) is 0 Å². The molecular weight excluding hydrogens is 386 g/mol. The Labute approximate surface area is 172 Å². The number of amides is 1. The molecule has 0 bridgehead atoms. The first-order valence-corrected chi connectivity index (χ1v) is 11.6. The van der Waals surface area contributed by atoms with Crippen molar-refractivity contribution in [3.63, 3.8) is 0 Å². The SMILES string of the molecule is CC(=O)N1CCc2cc(S(=O)(=O)NC3CCCN(Cc4ccccc4)C3)ccc21. The number of hydrogen-bond donors (Lipinski definition) is 1. The van der Waals surface area contributed by atoms with Crippen molar-refractivity contribution in [2.75, 3.05) is 24.5 Å². The number of fused-ring (bicyclic) bond motifs is 1. The molecule has 4 rings (SSSR count). The Balaban J connectivity index is 1.44. The standard InChI is InChI=1S/C22H27N3O3S/c1-17(26)25-13-11-19-14-21(9-10-22(19)25)29(27,28)23-20-8-5-12-24(16-20)15-18-6-3-2-4-7-18/h2-4,6-7,9-10,14,20,23H,5,8,11-13,15-16H2,1H3. The zero-order chi connectivity index (χ0) is 20.4. The zero-order valence-electron chi connectivity index (χ0n) is 16.7. The summed E-state index contributed by atoms with van der Waals surface area (Å²) in [6.07, 6.45) is 2.50. The van der Waals surface area contributed by atoms with Crippen molar-refractivity contribution in [2.24, 2.45) is 0 Å². The maximum absolute atomic E-state index is 13.0. The molecule has 7 heteroatoms. The molecule has 0 aliphatic carbocycles. The summed E-state index contributed by atoms with van der Waals surface area (Å²) in [6.45, 7) is 4.66. The summed E-state index contributed by atoms with van der Waals surface area (Å²) in [7, 11) is -3.60. The van der Waals surface area contributed by atoms with Crippen LogP contribution in [0.1, 0.15) is 30.9 Å². The van der Waals surface area contributed by atoms with Gasteiger partial charge in [0.1, 0.15) is 0 Å². The summed E-state index contributed by atoms with van der Waals surface area (Å²) in [4.78, 5) is 16.0. The second-order valence-corrected chi connectivity index (χ2v) is 9.61. The van der Waals surface area contributed by atoms with Crippen molar-refractivity contribution in [3.05, 3.63) is 59.7 Å². The maximum atomic E-state index is 13.0. The number of piperidine rings is 1. The van der Waals surface area contributed by atoms with E-state index in [1.807, 2.05) is 18.2 Å². The molecule has 1 saturated heterocycles. The first-order valence-electron chi connectivity index (χ1n) is 10.1. The van der Waals surface area contributed by atoms with E-state index in [0.717, 1.165) is 37.2 Å². The van der Waals surface area contributed by atoms with Crippen LogP contribution in [0, 0.1) is 0 Å². The number of rotatable bonds is 5. The maximum Gasteiger partial charge on any atom is 0.240 e. The van der Waals surface area contributed by atoms with E-state index >= 15 is 0 Å². The molecule has 1 N–H and O–H groups in total. The van der Waals surface area contributed by atoms with Crippen molar-refractivity contribution < 1.29 is 13.2 Å². The van der Waals surface area contributed by atoms with Gasteiger partial charge in [0.2, 0.25) is 15.9 Å². The minimum absolute atomic E-state index is 0.0156. The minimum Gasteiger partial charge on any atom is -0.312 e. The molecule has 0 spiro atoms. The predicted molar refractivity (Wildman–Crippen MR) is 113 cm³/mol. The molecule has 2 aliphatic rings. The number of sulfonamides is 1. The van der Waals surface area contributed by atoms with Crippen LogP contribution in [0.25, 0.3) is 0 Å². The second kappa shape index (κ2) is 8.26. The third kappa shape index (κ3) is 4.52. The first-order chi connectivity index (χ1) is 13.9. The van der Waals surface area contributed by atoms with Crippen LogP contribution in [0.5, 0.6) is 0 Å². The minimum atomic E-state index is -3.60. The normalized spacial score (nSPS) is 19.9. The lowest BCUT2D eigenvalue weighted by molar-refractivity contribution is -0.116. The lowest BCUT2D eigenvalue weighted by Gasteiger charge is -2.33. The van der Waals surface area contributed by atoms with Gasteiger partial charge in [0.05, 0.1) is 4.90 Å². The van der Waals surface area contributed by atoms with Crippen molar-refractivity contribution in [1.82, 2.24) is 9.62 Å². The van der Waals surface area contributed by atoms with Crippen LogP contribution < -0.4 is 9.62 Å². The molecule has 2 aromatic rings. The highest BCUT2D eigenvalue weighted by molar-refractivity contribution is 7.89. The van der Waals surface area contributed by atoms with Gasteiger partial charge >= 0.3 is 0 Å². The van der Waals surface area contributed by atoms with Crippen LogP contribution >= 0.6 is 0 Å². The molecule has 2 aromatic carbocycles. The highest BCUT2D eigenvalue weighted by atomic mass is 32.2. The van der Waals surface area contributed by atoms with Crippen molar-refractivity contribution in [3.8, 4) is 0 Å². The number of likely N-dealkylation sites (tertiary alicyclic amines) is 1. The van der Waals surface area contributed by atoms with Crippen LogP contribution in [0.15, 0.2) is 53.4 Å². The van der Waals surface area contributed by atoms with Gasteiger partial charge in [-0.25, -0.2) is 13.1 Å². The molecule has 29 heavy (non-hydrogen) atoms. The van der Waals surface area contributed by atoms with E-state index in [2.05, 4.69) is 21.8 Å². The Morgan fingerprint density at radius 1 is 1.14 bits per heavy atom. The van der Waals surface area contributed by atoms with Crippen LogP contribution in [-0.4, -0.2) is 44.9 Å². The Bertz CT molecular complexity index is 992. The molecule has 1 unspecified atom stereocenters. The lowest BCUT2D eigenvalue weighted by Crippen LogP contribution is -2.47. The largest absolute Gasteiger partial charge is 0.312 e. The molecule has 2 heterocycles. The van der Waals surface area contributed by atoms with Gasteiger partial charge in [-0.2, -0.15) is 0 Å². The third-order valence-corrected chi connectivity index (χ3v) is 7.23. The Hall–Kier alpha value is -2.22. The number of benzene rings is 2. The summed E-state index contributed by atoms with van der Waals surface area (Å²) >= 11 is 0. The van der Waals surface area contributed by atoms with Gasteiger partial charge < -0.3 is 4.90 Å². The van der Waals surface area contributed by atoms with Crippen molar-refractivity contribution in [1.29, 1.82) is 0 Å². The fraction of sp³-hybridized carbons (Fsp3) is 0.409. The number of nitrogens with zero attached hydrogens (tertiary/aromatic N) is 2. The molecule has 0 aromatic heterocycles. The quantitative estimate of drug-likeness (QED) is 0.818. The molecule has 6 nitrogen and oxygen atoms in total. The van der Waals surface area contributed by atoms with Crippen LogP contribution in [-0.2, 0) is 27.8 Å². The molecule has 1 fully saturated rings. The fourth-order valence-corrected chi connectivity index (χ4v) is 5.61. The Kier molecular flexibility index (Phi) is 5.72. The van der Waals surface area contributed by atoms with E-state index in [9.17, 15) is 13.2 Å². The van der Waals surface area contributed by atoms with E-state index in [1.54, 1.807) is 23.1 Å². The number of anilines is 1. The van der Waals surface area contributed by atoms with Gasteiger partial charge in [-0.05, 0) is 55.1 Å². The van der Waals surface area contributed by atoms with Gasteiger partial charge in [-0.3, -0.25) is 9.69 Å². The fourth-order valence-electron chi connectivity index (χ4n) is 4.30. The number of hydrogen-bond acceptors (Lipinski definition) is 4. The van der Waals surface area contributed by atoms with Gasteiger partial charge in [0.25, 0.3) is 0 Å². The smallest absolute Gasteiger partial charge is 0.240 e. The number of carbonyl (C=O) groups excluding carboxylic acids is 1. The van der Waals surface area contributed by atoms with E-state index in [1.165, 1.54) is 12.5 Å². The highest BCUT2D eigenvalue weighted by Gasteiger charge is 2.28. The molecule has 154 valence electrons. The van der Waals surface area contributed by atoms with Crippen LogP contribution in [0.4, 0.5) is 5.69 Å². The average Bonchev–Trinajstić information content (AvgIpc) is 3.12. The molecule has 1 amide bonds. The van der Waals surface area contributed by atoms with E-state index in [-0.39, 0.29) is 16.8 Å². The van der Waals surface area contributed by atoms with Gasteiger partial charge in [0, 0.05) is 38.3 Å². The summed E-state index contributed by atoms with van der Waals surface area (Å²) < 4.78 is 28.8. The molecule has 0 saturated carbocycles. The van der Waals surface area contributed by atoms with Gasteiger partial charge in [-0.1, -0.05) is 30.3 Å². The van der Waals surface area contributed by atoms with E-state index in [0.29, 0.717) is 19.5 Å². The Morgan fingerprint density at radius 3 is 2.69 bits per heavy atom. The highest BCUT2D eigenvalue weighted by Crippen LogP contribution is 2.30. The monoisotopic (exact) mass is 413 g/mol. The van der Waals surface area contributed by atoms with Gasteiger partial charge in [-0.15, -0.1) is 0 Å². The molecule has 0 radical (unpaired) electrons. The average molecular weight is 414 g/mol. The molecule has 1 atom stereocenters. The van der Waals surface area contributed by atoms with Crippen LogP contribution in [0.2, 0.25) is 0 Å². The predicted octanol–water partition coefficient (Wildman–Crippen LogP) is 2.54. The topological polar surface area (TPSA) is 69.7 Å². The zero-order valence-corrected chi connectivity index (χ0v) is 17.5. The summed E-state index contributed by atoms with van der Waals surface area (Å²) in [5.74, 6) is -0.0156. The van der Waals surface area contributed by atoms with Crippen molar-refractivity contribution >= 4 is 21.6 Å².